The minimum Gasteiger partial charge on any atom is -0.289 e. The zero-order valence-electron chi connectivity index (χ0n) is 12.3. The molecule has 0 bridgehead atoms. The van der Waals surface area contributed by atoms with Crippen molar-refractivity contribution in [1.29, 1.82) is 0 Å². The Bertz CT molecular complexity index is 604. The van der Waals surface area contributed by atoms with Crippen molar-refractivity contribution in [2.45, 2.75) is 19.6 Å². The SMILES string of the molecule is C[Si](C)(C)/C=C/C(=O)c1ccc(-c2ccccc2)cc1. The van der Waals surface area contributed by atoms with Crippen LogP contribution in [0.3, 0.4) is 0 Å². The number of ketones is 1. The summed E-state index contributed by atoms with van der Waals surface area (Å²) in [5.74, 6) is 0.0898. The lowest BCUT2D eigenvalue weighted by Gasteiger charge is -2.07. The number of allylic oxidation sites excluding steroid dienone is 1. The Morgan fingerprint density at radius 1 is 0.850 bits per heavy atom. The summed E-state index contributed by atoms with van der Waals surface area (Å²) in [6.45, 7) is 6.65. The van der Waals surface area contributed by atoms with Gasteiger partial charge < -0.3 is 0 Å². The van der Waals surface area contributed by atoms with Crippen LogP contribution in [0.5, 0.6) is 0 Å². The summed E-state index contributed by atoms with van der Waals surface area (Å²) in [6, 6.07) is 18.0. The van der Waals surface area contributed by atoms with Gasteiger partial charge in [0.1, 0.15) is 0 Å². The van der Waals surface area contributed by atoms with Gasteiger partial charge in [-0.05, 0) is 17.2 Å². The van der Waals surface area contributed by atoms with Crippen molar-refractivity contribution >= 4 is 13.9 Å². The van der Waals surface area contributed by atoms with Crippen LogP contribution >= 0.6 is 0 Å². The first-order chi connectivity index (χ1) is 9.46. The third kappa shape index (κ3) is 4.03. The van der Waals surface area contributed by atoms with E-state index in [0.29, 0.717) is 0 Å². The second kappa shape index (κ2) is 6.01. The van der Waals surface area contributed by atoms with Crippen LogP contribution in [0.4, 0.5) is 0 Å². The van der Waals surface area contributed by atoms with E-state index < -0.39 is 8.07 Å². The Labute approximate surface area is 122 Å². The standard InChI is InChI=1S/C18H20OSi/c1-20(2,3)14-13-18(19)17-11-9-16(10-12-17)15-7-5-4-6-8-15/h4-14H,1-3H3/b14-13+. The van der Waals surface area contributed by atoms with Gasteiger partial charge in [0, 0.05) is 5.56 Å². The van der Waals surface area contributed by atoms with Crippen molar-refractivity contribution in [1.82, 2.24) is 0 Å². The number of hydrogen-bond donors (Lipinski definition) is 0. The molecule has 1 nitrogen and oxygen atoms in total. The average molecular weight is 280 g/mol. The van der Waals surface area contributed by atoms with Crippen LogP contribution in [-0.2, 0) is 0 Å². The number of hydrogen-bond acceptors (Lipinski definition) is 1. The van der Waals surface area contributed by atoms with Crippen LogP contribution in [0.2, 0.25) is 19.6 Å². The lowest BCUT2D eigenvalue weighted by Crippen LogP contribution is -2.16. The molecule has 0 radical (unpaired) electrons. The highest BCUT2D eigenvalue weighted by atomic mass is 28.3. The van der Waals surface area contributed by atoms with Crippen LogP contribution in [0.15, 0.2) is 66.4 Å². The fourth-order valence-electron chi connectivity index (χ4n) is 1.88. The third-order valence-electron chi connectivity index (χ3n) is 3.01. The molecule has 0 saturated heterocycles. The molecule has 0 aliphatic heterocycles. The molecule has 2 aromatic carbocycles. The summed E-state index contributed by atoms with van der Waals surface area (Å²) in [6.07, 6.45) is 1.73. The third-order valence-corrected chi connectivity index (χ3v) is 4.18. The van der Waals surface area contributed by atoms with Crippen molar-refractivity contribution < 1.29 is 4.79 Å². The maximum Gasteiger partial charge on any atom is 0.185 e. The first kappa shape index (κ1) is 14.5. The van der Waals surface area contributed by atoms with E-state index in [-0.39, 0.29) is 5.78 Å². The van der Waals surface area contributed by atoms with E-state index in [1.807, 2.05) is 42.5 Å². The number of rotatable bonds is 4. The molecule has 0 atom stereocenters. The first-order valence-electron chi connectivity index (χ1n) is 6.85. The van der Waals surface area contributed by atoms with E-state index in [1.165, 1.54) is 5.56 Å². The summed E-state index contributed by atoms with van der Waals surface area (Å²) in [5.41, 5.74) is 5.14. The van der Waals surface area contributed by atoms with E-state index in [1.54, 1.807) is 6.08 Å². The quantitative estimate of drug-likeness (QED) is 0.439. The first-order valence-corrected chi connectivity index (χ1v) is 10.4. The van der Waals surface area contributed by atoms with Gasteiger partial charge in [-0.1, -0.05) is 79.9 Å². The Hall–Kier alpha value is -1.93. The molecule has 2 heteroatoms. The topological polar surface area (TPSA) is 17.1 Å². The van der Waals surface area contributed by atoms with Crippen LogP contribution in [0.1, 0.15) is 10.4 Å². The Balaban J connectivity index is 2.17. The predicted octanol–water partition coefficient (Wildman–Crippen LogP) is 4.97. The highest BCUT2D eigenvalue weighted by Crippen LogP contribution is 2.19. The number of carbonyl (C=O) groups is 1. The average Bonchev–Trinajstić information content (AvgIpc) is 2.45. The Kier molecular flexibility index (Phi) is 4.35. The summed E-state index contributed by atoms with van der Waals surface area (Å²) < 4.78 is 0. The lowest BCUT2D eigenvalue weighted by atomic mass is 10.0. The molecule has 0 saturated carbocycles. The van der Waals surface area contributed by atoms with E-state index in [9.17, 15) is 4.79 Å². The molecule has 0 unspecified atom stereocenters. The van der Waals surface area contributed by atoms with Crippen molar-refractivity contribution in [3.8, 4) is 11.1 Å². The second-order valence-electron chi connectivity index (χ2n) is 6.01. The second-order valence-corrected chi connectivity index (χ2v) is 11.1. The van der Waals surface area contributed by atoms with Gasteiger partial charge in [0.25, 0.3) is 0 Å². The molecule has 0 spiro atoms. The predicted molar refractivity (Wildman–Crippen MR) is 88.7 cm³/mol. The largest absolute Gasteiger partial charge is 0.289 e. The smallest absolute Gasteiger partial charge is 0.185 e. The monoisotopic (exact) mass is 280 g/mol. The number of benzene rings is 2. The Morgan fingerprint density at radius 2 is 1.40 bits per heavy atom. The molecule has 0 aliphatic rings. The fourth-order valence-corrected chi connectivity index (χ4v) is 2.53. The van der Waals surface area contributed by atoms with Crippen LogP contribution in [0.25, 0.3) is 11.1 Å². The van der Waals surface area contributed by atoms with Gasteiger partial charge in [0.15, 0.2) is 5.78 Å². The van der Waals surface area contributed by atoms with Crippen LogP contribution < -0.4 is 0 Å². The fraction of sp³-hybridized carbons (Fsp3) is 0.167. The van der Waals surface area contributed by atoms with Gasteiger partial charge in [0.05, 0.1) is 8.07 Å². The van der Waals surface area contributed by atoms with Crippen LogP contribution in [-0.4, -0.2) is 13.9 Å². The minimum atomic E-state index is -1.32. The normalized spacial score (nSPS) is 11.8. The van der Waals surface area contributed by atoms with Crippen molar-refractivity contribution in [3.05, 3.63) is 71.9 Å². The van der Waals surface area contributed by atoms with E-state index in [0.717, 1.165) is 11.1 Å². The molecule has 20 heavy (non-hydrogen) atoms. The van der Waals surface area contributed by atoms with Crippen molar-refractivity contribution in [3.63, 3.8) is 0 Å². The molecule has 0 fully saturated rings. The lowest BCUT2D eigenvalue weighted by molar-refractivity contribution is 0.104. The maximum atomic E-state index is 12.1. The molecule has 0 heterocycles. The molecule has 2 aromatic rings. The molecule has 0 aromatic heterocycles. The van der Waals surface area contributed by atoms with Crippen molar-refractivity contribution in [2.75, 3.05) is 0 Å². The van der Waals surface area contributed by atoms with E-state index in [2.05, 4.69) is 37.5 Å². The summed E-state index contributed by atoms with van der Waals surface area (Å²) in [4.78, 5) is 12.1. The molecule has 0 amide bonds. The van der Waals surface area contributed by atoms with Gasteiger partial charge in [0.2, 0.25) is 0 Å². The molecule has 0 N–H and O–H groups in total. The Morgan fingerprint density at radius 3 is 1.95 bits per heavy atom. The summed E-state index contributed by atoms with van der Waals surface area (Å²) >= 11 is 0. The van der Waals surface area contributed by atoms with Crippen molar-refractivity contribution in [2.24, 2.45) is 0 Å². The minimum absolute atomic E-state index is 0.0898. The molecule has 0 aliphatic carbocycles. The highest BCUT2D eigenvalue weighted by Gasteiger charge is 2.09. The van der Waals surface area contributed by atoms with Crippen LogP contribution in [0, 0.1) is 0 Å². The zero-order valence-corrected chi connectivity index (χ0v) is 13.3. The maximum absolute atomic E-state index is 12.1. The number of carbonyl (C=O) groups excluding carboxylic acids is 1. The summed E-state index contributed by atoms with van der Waals surface area (Å²) in [7, 11) is -1.32. The molecular formula is C18H20OSi. The van der Waals surface area contributed by atoms with Gasteiger partial charge in [-0.15, -0.1) is 0 Å². The van der Waals surface area contributed by atoms with Gasteiger partial charge in [-0.3, -0.25) is 4.79 Å². The van der Waals surface area contributed by atoms with Gasteiger partial charge >= 0.3 is 0 Å². The molecule has 102 valence electrons. The van der Waals surface area contributed by atoms with Gasteiger partial charge in [-0.2, -0.15) is 0 Å². The molecular weight excluding hydrogens is 260 g/mol. The van der Waals surface area contributed by atoms with E-state index in [4.69, 9.17) is 0 Å². The highest BCUT2D eigenvalue weighted by molar-refractivity contribution is 6.81. The van der Waals surface area contributed by atoms with Gasteiger partial charge in [-0.25, -0.2) is 0 Å². The zero-order chi connectivity index (χ0) is 14.6. The summed E-state index contributed by atoms with van der Waals surface area (Å²) in [5, 5.41) is 0. The molecule has 2 rings (SSSR count). The van der Waals surface area contributed by atoms with E-state index >= 15 is 0 Å².